The third-order valence-corrected chi connectivity index (χ3v) is 1.93. The summed E-state index contributed by atoms with van der Waals surface area (Å²) in [5.74, 6) is 0. The lowest BCUT2D eigenvalue weighted by Crippen LogP contribution is -2.36. The maximum absolute atomic E-state index is 9.26. The van der Waals surface area contributed by atoms with Crippen LogP contribution >= 0.6 is 0 Å². The molecule has 13 heavy (non-hydrogen) atoms. The van der Waals surface area contributed by atoms with Crippen molar-refractivity contribution in [3.05, 3.63) is 0 Å². The van der Waals surface area contributed by atoms with E-state index in [9.17, 15) is 5.11 Å². The van der Waals surface area contributed by atoms with Gasteiger partial charge in [-0.2, -0.15) is 0 Å². The Morgan fingerprint density at radius 1 is 1.15 bits per heavy atom. The standard InChI is InChI=1S/C10H24N2O/c1-5-6-12(9-10(2)13)8-7-11(3)4/h10,13H,5-9H2,1-4H3. The molecule has 0 bridgehead atoms. The summed E-state index contributed by atoms with van der Waals surface area (Å²) < 4.78 is 0. The first kappa shape index (κ1) is 12.9. The van der Waals surface area contributed by atoms with E-state index in [1.807, 2.05) is 6.92 Å². The van der Waals surface area contributed by atoms with Crippen molar-refractivity contribution in [3.63, 3.8) is 0 Å². The van der Waals surface area contributed by atoms with Gasteiger partial charge in [0.2, 0.25) is 0 Å². The van der Waals surface area contributed by atoms with Gasteiger partial charge in [-0.15, -0.1) is 0 Å². The molecule has 0 saturated heterocycles. The molecule has 0 aliphatic heterocycles. The van der Waals surface area contributed by atoms with Crippen LogP contribution in [-0.4, -0.2) is 61.3 Å². The Labute approximate surface area is 82.3 Å². The summed E-state index contributed by atoms with van der Waals surface area (Å²) in [7, 11) is 4.15. The SMILES string of the molecule is CCCN(CCN(C)C)CC(C)O. The Kier molecular flexibility index (Phi) is 7.23. The summed E-state index contributed by atoms with van der Waals surface area (Å²) >= 11 is 0. The van der Waals surface area contributed by atoms with Gasteiger partial charge in [-0.25, -0.2) is 0 Å². The number of aliphatic hydroxyl groups excluding tert-OH is 1. The van der Waals surface area contributed by atoms with E-state index in [0.717, 1.165) is 32.6 Å². The van der Waals surface area contributed by atoms with E-state index in [4.69, 9.17) is 0 Å². The third kappa shape index (κ3) is 8.22. The van der Waals surface area contributed by atoms with Crippen molar-refractivity contribution in [2.75, 3.05) is 40.3 Å². The largest absolute Gasteiger partial charge is 0.392 e. The van der Waals surface area contributed by atoms with Gasteiger partial charge in [-0.05, 0) is 34.0 Å². The van der Waals surface area contributed by atoms with Crippen LogP contribution in [0, 0.1) is 0 Å². The van der Waals surface area contributed by atoms with Gasteiger partial charge in [0.15, 0.2) is 0 Å². The van der Waals surface area contributed by atoms with E-state index in [1.165, 1.54) is 0 Å². The molecule has 0 aromatic rings. The predicted molar refractivity (Wildman–Crippen MR) is 57.0 cm³/mol. The summed E-state index contributed by atoms with van der Waals surface area (Å²) in [4.78, 5) is 4.48. The van der Waals surface area contributed by atoms with Crippen molar-refractivity contribution in [1.82, 2.24) is 9.80 Å². The molecule has 1 N–H and O–H groups in total. The molecule has 1 atom stereocenters. The maximum Gasteiger partial charge on any atom is 0.0639 e. The number of likely N-dealkylation sites (N-methyl/N-ethyl adjacent to an activating group) is 1. The molecule has 3 nitrogen and oxygen atoms in total. The van der Waals surface area contributed by atoms with Gasteiger partial charge in [0.05, 0.1) is 6.10 Å². The molecule has 0 spiro atoms. The number of hydrogen-bond acceptors (Lipinski definition) is 3. The summed E-state index contributed by atoms with van der Waals surface area (Å²) in [5, 5.41) is 9.26. The lowest BCUT2D eigenvalue weighted by atomic mass is 10.3. The van der Waals surface area contributed by atoms with E-state index in [2.05, 4.69) is 30.8 Å². The van der Waals surface area contributed by atoms with Gasteiger partial charge < -0.3 is 10.0 Å². The fourth-order valence-electron chi connectivity index (χ4n) is 1.33. The second kappa shape index (κ2) is 7.30. The van der Waals surface area contributed by atoms with Gasteiger partial charge in [0, 0.05) is 19.6 Å². The molecule has 80 valence electrons. The van der Waals surface area contributed by atoms with Crippen molar-refractivity contribution in [2.24, 2.45) is 0 Å². The summed E-state index contributed by atoms with van der Waals surface area (Å²) in [5.41, 5.74) is 0. The first-order valence-electron chi connectivity index (χ1n) is 5.11. The average Bonchev–Trinajstić information content (AvgIpc) is 1.99. The van der Waals surface area contributed by atoms with Crippen LogP contribution < -0.4 is 0 Å². The van der Waals surface area contributed by atoms with E-state index >= 15 is 0 Å². The second-order valence-corrected chi connectivity index (χ2v) is 3.95. The minimum atomic E-state index is -0.214. The molecule has 0 saturated carbocycles. The minimum Gasteiger partial charge on any atom is -0.392 e. The Bertz CT molecular complexity index is 115. The molecular formula is C10H24N2O. The lowest BCUT2D eigenvalue weighted by Gasteiger charge is -2.24. The molecule has 1 unspecified atom stereocenters. The molecule has 0 aromatic heterocycles. The van der Waals surface area contributed by atoms with Crippen LogP contribution in [-0.2, 0) is 0 Å². The maximum atomic E-state index is 9.26. The zero-order valence-corrected chi connectivity index (χ0v) is 9.45. The topological polar surface area (TPSA) is 26.7 Å². The van der Waals surface area contributed by atoms with Crippen molar-refractivity contribution in [2.45, 2.75) is 26.4 Å². The number of hydrogen-bond donors (Lipinski definition) is 1. The molecule has 0 rings (SSSR count). The number of aliphatic hydroxyl groups is 1. The summed E-state index contributed by atoms with van der Waals surface area (Å²) in [6, 6.07) is 0. The first-order valence-corrected chi connectivity index (χ1v) is 5.11. The van der Waals surface area contributed by atoms with Gasteiger partial charge in [-0.1, -0.05) is 6.92 Å². The van der Waals surface area contributed by atoms with Gasteiger partial charge in [0.25, 0.3) is 0 Å². The fourth-order valence-corrected chi connectivity index (χ4v) is 1.33. The number of nitrogens with zero attached hydrogens (tertiary/aromatic N) is 2. The highest BCUT2D eigenvalue weighted by Gasteiger charge is 2.06. The Balaban J connectivity index is 3.66. The molecule has 0 aliphatic carbocycles. The van der Waals surface area contributed by atoms with E-state index in [1.54, 1.807) is 0 Å². The molecule has 0 radical (unpaired) electrons. The zero-order chi connectivity index (χ0) is 10.3. The Hall–Kier alpha value is -0.120. The zero-order valence-electron chi connectivity index (χ0n) is 9.45. The van der Waals surface area contributed by atoms with Crippen molar-refractivity contribution in [1.29, 1.82) is 0 Å². The Morgan fingerprint density at radius 2 is 1.77 bits per heavy atom. The van der Waals surface area contributed by atoms with E-state index in [-0.39, 0.29) is 6.10 Å². The van der Waals surface area contributed by atoms with Crippen molar-refractivity contribution in [3.8, 4) is 0 Å². The highest BCUT2D eigenvalue weighted by atomic mass is 16.3. The van der Waals surface area contributed by atoms with Crippen LogP contribution in [0.15, 0.2) is 0 Å². The van der Waals surface area contributed by atoms with Gasteiger partial charge >= 0.3 is 0 Å². The Morgan fingerprint density at radius 3 is 2.15 bits per heavy atom. The molecular weight excluding hydrogens is 164 g/mol. The van der Waals surface area contributed by atoms with Crippen LogP contribution in [0.5, 0.6) is 0 Å². The van der Waals surface area contributed by atoms with Gasteiger partial charge in [0.1, 0.15) is 0 Å². The molecule has 0 aromatic carbocycles. The average molecular weight is 188 g/mol. The van der Waals surface area contributed by atoms with Gasteiger partial charge in [-0.3, -0.25) is 4.90 Å². The van der Waals surface area contributed by atoms with E-state index < -0.39 is 0 Å². The first-order chi connectivity index (χ1) is 6.06. The summed E-state index contributed by atoms with van der Waals surface area (Å²) in [6.07, 6.45) is 0.939. The van der Waals surface area contributed by atoms with Crippen LogP contribution in [0.3, 0.4) is 0 Å². The van der Waals surface area contributed by atoms with Crippen LogP contribution in [0.1, 0.15) is 20.3 Å². The predicted octanol–water partition coefficient (Wildman–Crippen LogP) is 0.641. The highest BCUT2D eigenvalue weighted by molar-refractivity contribution is 4.62. The molecule has 0 fully saturated rings. The third-order valence-electron chi connectivity index (χ3n) is 1.93. The lowest BCUT2D eigenvalue weighted by molar-refractivity contribution is 0.121. The minimum absolute atomic E-state index is 0.214. The van der Waals surface area contributed by atoms with Crippen LogP contribution in [0.25, 0.3) is 0 Å². The summed E-state index contributed by atoms with van der Waals surface area (Å²) in [6.45, 7) is 8.00. The molecule has 3 heteroatoms. The second-order valence-electron chi connectivity index (χ2n) is 3.95. The monoisotopic (exact) mass is 188 g/mol. The molecule has 0 amide bonds. The van der Waals surface area contributed by atoms with Crippen molar-refractivity contribution < 1.29 is 5.11 Å². The molecule has 0 heterocycles. The fraction of sp³-hybridized carbons (Fsp3) is 1.00. The highest BCUT2D eigenvalue weighted by Crippen LogP contribution is 1.94. The van der Waals surface area contributed by atoms with Crippen molar-refractivity contribution >= 4 is 0 Å². The number of rotatable bonds is 7. The van der Waals surface area contributed by atoms with Crippen LogP contribution in [0.2, 0.25) is 0 Å². The smallest absolute Gasteiger partial charge is 0.0639 e. The molecule has 0 aliphatic rings. The normalized spacial score (nSPS) is 14.1. The van der Waals surface area contributed by atoms with E-state index in [0.29, 0.717) is 0 Å². The quantitative estimate of drug-likeness (QED) is 0.635. The van der Waals surface area contributed by atoms with Crippen LogP contribution in [0.4, 0.5) is 0 Å².